The molecule has 0 atom stereocenters. The van der Waals surface area contributed by atoms with Gasteiger partial charge in [-0.3, -0.25) is 0 Å². The van der Waals surface area contributed by atoms with Crippen LogP contribution in [0.2, 0.25) is 0 Å². The smallest absolute Gasteiger partial charge is 0.00987 e. The van der Waals surface area contributed by atoms with Gasteiger partial charge in [0.25, 0.3) is 0 Å². The van der Waals surface area contributed by atoms with Gasteiger partial charge in [0, 0.05) is 0 Å². The highest BCUT2D eigenvalue weighted by Gasteiger charge is 1.85. The summed E-state index contributed by atoms with van der Waals surface area (Å²) in [4.78, 5) is 0. The molecule has 0 amide bonds. The van der Waals surface area contributed by atoms with E-state index in [1.165, 1.54) is 5.56 Å². The first-order valence-corrected chi connectivity index (χ1v) is 4.57. The van der Waals surface area contributed by atoms with E-state index >= 15 is 0 Å². The van der Waals surface area contributed by atoms with Gasteiger partial charge in [-0.15, -0.1) is 0 Å². The Morgan fingerprint density at radius 2 is 1.50 bits per heavy atom. The van der Waals surface area contributed by atoms with Gasteiger partial charge in [-0.25, -0.2) is 0 Å². The molecule has 0 aliphatic rings. The van der Waals surface area contributed by atoms with Crippen molar-refractivity contribution in [2.75, 3.05) is 0 Å². The lowest BCUT2D eigenvalue weighted by atomic mass is 10.1. The fourth-order valence-corrected chi connectivity index (χ4v) is 1.21. The molecule has 2 aromatic rings. The molecule has 2 radical (unpaired) electrons. The van der Waals surface area contributed by atoms with E-state index in [-0.39, 0.29) is 0 Å². The third kappa shape index (κ3) is 2.33. The molecule has 2 rings (SSSR count). The standard InChI is InChI=1S/C14H10/c1-3-7-13(8-4-1)11-12-14-9-5-2-6-10-14/h1-8,11-12H/b12-11+. The van der Waals surface area contributed by atoms with E-state index in [0.717, 1.165) is 5.56 Å². The molecule has 0 saturated heterocycles. The van der Waals surface area contributed by atoms with Crippen LogP contribution in [-0.2, 0) is 0 Å². The molecule has 66 valence electrons. The van der Waals surface area contributed by atoms with Crippen LogP contribution in [0.3, 0.4) is 0 Å². The van der Waals surface area contributed by atoms with E-state index in [1.807, 2.05) is 42.5 Å². The minimum absolute atomic E-state index is 0.983. The van der Waals surface area contributed by atoms with E-state index in [1.54, 1.807) is 0 Å². The van der Waals surface area contributed by atoms with Crippen molar-refractivity contribution in [3.8, 4) is 0 Å². The van der Waals surface area contributed by atoms with Crippen molar-refractivity contribution >= 4 is 12.2 Å². The van der Waals surface area contributed by atoms with Crippen molar-refractivity contribution in [2.24, 2.45) is 0 Å². The minimum atomic E-state index is 0.983. The second-order valence-corrected chi connectivity index (χ2v) is 2.97. The van der Waals surface area contributed by atoms with E-state index in [0.29, 0.717) is 0 Å². The fourth-order valence-electron chi connectivity index (χ4n) is 1.21. The highest BCUT2D eigenvalue weighted by Crippen LogP contribution is 2.06. The Morgan fingerprint density at radius 3 is 2.21 bits per heavy atom. The summed E-state index contributed by atoms with van der Waals surface area (Å²) in [7, 11) is 0. The largest absolute Gasteiger partial charge is 0.0622 e. The lowest BCUT2D eigenvalue weighted by molar-refractivity contribution is 1.62. The zero-order valence-corrected chi connectivity index (χ0v) is 7.77. The van der Waals surface area contributed by atoms with Crippen LogP contribution in [0.1, 0.15) is 11.1 Å². The minimum Gasteiger partial charge on any atom is -0.0622 e. The lowest BCUT2D eigenvalue weighted by Crippen LogP contribution is -1.71. The second-order valence-electron chi connectivity index (χ2n) is 2.97. The van der Waals surface area contributed by atoms with Gasteiger partial charge in [-0.05, 0) is 23.3 Å². The van der Waals surface area contributed by atoms with Crippen molar-refractivity contribution in [3.63, 3.8) is 0 Å². The van der Waals surface area contributed by atoms with Crippen LogP contribution < -0.4 is 0 Å². The van der Waals surface area contributed by atoms with Crippen LogP contribution in [0.15, 0.2) is 48.5 Å². The summed E-state index contributed by atoms with van der Waals surface area (Å²) >= 11 is 0. The molecule has 2 aromatic carbocycles. The van der Waals surface area contributed by atoms with Gasteiger partial charge in [-0.2, -0.15) is 0 Å². The average Bonchev–Trinajstić information content (AvgIpc) is 2.29. The first-order chi connectivity index (χ1) is 6.95. The van der Waals surface area contributed by atoms with Crippen molar-refractivity contribution < 1.29 is 0 Å². The van der Waals surface area contributed by atoms with Crippen LogP contribution in [0, 0.1) is 12.1 Å². The molecular formula is C14H10. The van der Waals surface area contributed by atoms with Gasteiger partial charge in [0.2, 0.25) is 0 Å². The van der Waals surface area contributed by atoms with Gasteiger partial charge in [0.05, 0.1) is 0 Å². The Labute approximate surface area is 84.5 Å². The SMILES string of the molecule is [c]1ccc[c]c1/C=C/c1ccccc1. The van der Waals surface area contributed by atoms with Gasteiger partial charge in [0.1, 0.15) is 0 Å². The zero-order chi connectivity index (χ0) is 9.64. The molecule has 0 heterocycles. The quantitative estimate of drug-likeness (QED) is 0.618. The molecular weight excluding hydrogens is 168 g/mol. The fraction of sp³-hybridized carbons (Fsp3) is 0. The third-order valence-electron chi connectivity index (χ3n) is 1.91. The van der Waals surface area contributed by atoms with Gasteiger partial charge >= 0.3 is 0 Å². The number of rotatable bonds is 2. The van der Waals surface area contributed by atoms with Crippen molar-refractivity contribution in [1.29, 1.82) is 0 Å². The molecule has 0 heteroatoms. The summed E-state index contributed by atoms with van der Waals surface area (Å²) < 4.78 is 0. The van der Waals surface area contributed by atoms with Crippen molar-refractivity contribution in [2.45, 2.75) is 0 Å². The highest BCUT2D eigenvalue weighted by atomic mass is 13.9. The molecule has 0 bridgehead atoms. The molecule has 0 aliphatic carbocycles. The topological polar surface area (TPSA) is 0 Å². The summed E-state index contributed by atoms with van der Waals surface area (Å²) in [5.74, 6) is 0. The van der Waals surface area contributed by atoms with Crippen molar-refractivity contribution in [3.05, 3.63) is 71.8 Å². The molecule has 14 heavy (non-hydrogen) atoms. The van der Waals surface area contributed by atoms with Crippen LogP contribution in [0.25, 0.3) is 12.2 Å². The van der Waals surface area contributed by atoms with Crippen molar-refractivity contribution in [1.82, 2.24) is 0 Å². The van der Waals surface area contributed by atoms with E-state index in [4.69, 9.17) is 0 Å². The summed E-state index contributed by atoms with van der Waals surface area (Å²) in [5, 5.41) is 0. The maximum atomic E-state index is 3.10. The summed E-state index contributed by atoms with van der Waals surface area (Å²) in [6, 6.07) is 22.1. The maximum Gasteiger partial charge on any atom is -0.00987 e. The first kappa shape index (κ1) is 8.76. The van der Waals surface area contributed by atoms with Gasteiger partial charge < -0.3 is 0 Å². The normalized spacial score (nSPS) is 10.6. The van der Waals surface area contributed by atoms with E-state index in [9.17, 15) is 0 Å². The van der Waals surface area contributed by atoms with Crippen LogP contribution in [0.4, 0.5) is 0 Å². The molecule has 0 aliphatic heterocycles. The predicted octanol–water partition coefficient (Wildman–Crippen LogP) is 3.46. The van der Waals surface area contributed by atoms with E-state index in [2.05, 4.69) is 30.3 Å². The summed E-state index contributed by atoms with van der Waals surface area (Å²) in [5.41, 5.74) is 2.18. The average molecular weight is 178 g/mol. The second kappa shape index (κ2) is 4.43. The number of benzene rings is 2. The summed E-state index contributed by atoms with van der Waals surface area (Å²) in [6.07, 6.45) is 4.07. The van der Waals surface area contributed by atoms with Crippen LogP contribution in [-0.4, -0.2) is 0 Å². The molecule has 0 saturated carbocycles. The van der Waals surface area contributed by atoms with Gasteiger partial charge in [-0.1, -0.05) is 60.7 Å². The Hall–Kier alpha value is -1.82. The Morgan fingerprint density at radius 1 is 0.786 bits per heavy atom. The lowest BCUT2D eigenvalue weighted by Gasteiger charge is -1.91. The molecule has 0 N–H and O–H groups in total. The number of hydrogen-bond donors (Lipinski definition) is 0. The monoisotopic (exact) mass is 178 g/mol. The number of hydrogen-bond acceptors (Lipinski definition) is 0. The molecule has 0 spiro atoms. The van der Waals surface area contributed by atoms with E-state index < -0.39 is 0 Å². The highest BCUT2D eigenvalue weighted by molar-refractivity contribution is 5.68. The predicted molar refractivity (Wildman–Crippen MR) is 59.5 cm³/mol. The van der Waals surface area contributed by atoms with Crippen LogP contribution in [0.5, 0.6) is 0 Å². The molecule has 0 nitrogen and oxygen atoms in total. The Balaban J connectivity index is 2.16. The Kier molecular flexibility index (Phi) is 2.77. The zero-order valence-electron chi connectivity index (χ0n) is 7.77. The molecule has 0 unspecified atom stereocenters. The maximum absolute atomic E-state index is 3.10. The van der Waals surface area contributed by atoms with Gasteiger partial charge in [0.15, 0.2) is 0 Å². The first-order valence-electron chi connectivity index (χ1n) is 4.57. The molecule has 0 fully saturated rings. The Bertz CT molecular complexity index is 357. The molecule has 0 aromatic heterocycles. The van der Waals surface area contributed by atoms with Crippen LogP contribution >= 0.6 is 0 Å². The summed E-state index contributed by atoms with van der Waals surface area (Å²) in [6.45, 7) is 0. The third-order valence-corrected chi connectivity index (χ3v) is 1.91.